The van der Waals surface area contributed by atoms with Crippen molar-refractivity contribution in [2.24, 2.45) is 22.7 Å². The van der Waals surface area contributed by atoms with Crippen LogP contribution >= 0.6 is 0 Å². The van der Waals surface area contributed by atoms with Gasteiger partial charge in [-0.1, -0.05) is 12.0 Å². The number of ether oxygens (including phenoxy) is 1. The van der Waals surface area contributed by atoms with E-state index in [9.17, 15) is 9.18 Å². The lowest BCUT2D eigenvalue weighted by Gasteiger charge is -2.37. The van der Waals surface area contributed by atoms with Crippen LogP contribution in [-0.2, 0) is 16.1 Å². The van der Waals surface area contributed by atoms with Gasteiger partial charge in [0.1, 0.15) is 5.82 Å². The van der Waals surface area contributed by atoms with E-state index in [1.54, 1.807) is 29.6 Å². The van der Waals surface area contributed by atoms with Gasteiger partial charge in [0, 0.05) is 63.4 Å². The number of aromatic nitrogens is 5. The van der Waals surface area contributed by atoms with Gasteiger partial charge in [0.15, 0.2) is 0 Å². The van der Waals surface area contributed by atoms with Gasteiger partial charge in [-0.3, -0.25) is 14.7 Å². The van der Waals surface area contributed by atoms with Gasteiger partial charge in [-0.2, -0.15) is 0 Å². The second kappa shape index (κ2) is 8.90. The molecule has 2 aromatic rings. The molecule has 0 radical (unpaired) electrons. The Morgan fingerprint density at radius 1 is 1.29 bits per heavy atom. The third kappa shape index (κ3) is 3.79. The lowest BCUT2D eigenvalue weighted by Crippen LogP contribution is -2.51. The van der Waals surface area contributed by atoms with Crippen molar-refractivity contribution in [2.45, 2.75) is 32.5 Å². The summed E-state index contributed by atoms with van der Waals surface area (Å²) in [5, 5.41) is 12.1. The highest BCUT2D eigenvalue weighted by Gasteiger charge is 2.59. The van der Waals surface area contributed by atoms with Gasteiger partial charge in [0.25, 0.3) is 0 Å². The van der Waals surface area contributed by atoms with Gasteiger partial charge < -0.3 is 14.5 Å². The Morgan fingerprint density at radius 3 is 2.76 bits per heavy atom. The molecule has 3 unspecified atom stereocenters. The molecular formula is C22H30FN9O2. The molecule has 1 saturated carbocycles. The molecule has 182 valence electrons. The number of hydrogen-bond acceptors (Lipinski definition) is 9. The van der Waals surface area contributed by atoms with Crippen molar-refractivity contribution in [1.29, 1.82) is 0 Å². The maximum absolute atomic E-state index is 14.5. The third-order valence-electron chi connectivity index (χ3n) is 7.23. The number of pyridine rings is 1. The molecule has 2 fully saturated rings. The van der Waals surface area contributed by atoms with Crippen molar-refractivity contribution in [1.82, 2.24) is 35.0 Å². The minimum Gasteiger partial charge on any atom is -0.380 e. The van der Waals surface area contributed by atoms with Gasteiger partial charge in [-0.15, -0.1) is 0 Å². The van der Waals surface area contributed by atoms with Crippen molar-refractivity contribution in [3.63, 3.8) is 0 Å². The summed E-state index contributed by atoms with van der Waals surface area (Å²) in [7, 11) is 3.71. The van der Waals surface area contributed by atoms with E-state index < -0.39 is 17.8 Å². The van der Waals surface area contributed by atoms with Crippen LogP contribution in [0.3, 0.4) is 0 Å². The minimum atomic E-state index is -0.575. The predicted octanol–water partition coefficient (Wildman–Crippen LogP) is 0.816. The number of amides is 1. The number of nitrogens with zero attached hydrogens (tertiary/aromatic N) is 9. The van der Waals surface area contributed by atoms with Gasteiger partial charge >= 0.3 is 0 Å². The van der Waals surface area contributed by atoms with Crippen LogP contribution in [0.5, 0.6) is 0 Å². The van der Waals surface area contributed by atoms with E-state index in [4.69, 9.17) is 9.73 Å². The molecule has 0 aromatic carbocycles. The summed E-state index contributed by atoms with van der Waals surface area (Å²) in [5.74, 6) is 1.22. The highest BCUT2D eigenvalue weighted by Crippen LogP contribution is 2.50. The summed E-state index contributed by atoms with van der Waals surface area (Å²) in [6, 6.07) is 1.29. The Labute approximate surface area is 197 Å². The van der Waals surface area contributed by atoms with Gasteiger partial charge in [0.2, 0.25) is 17.8 Å². The predicted molar refractivity (Wildman–Crippen MR) is 121 cm³/mol. The summed E-state index contributed by atoms with van der Waals surface area (Å²) in [4.78, 5) is 27.6. The van der Waals surface area contributed by atoms with Crippen molar-refractivity contribution >= 4 is 17.8 Å². The minimum absolute atomic E-state index is 0.0704. The molecular weight excluding hydrogens is 441 g/mol. The van der Waals surface area contributed by atoms with Gasteiger partial charge in [-0.05, 0) is 23.4 Å². The largest absolute Gasteiger partial charge is 0.380 e. The fourth-order valence-corrected chi connectivity index (χ4v) is 5.39. The second-order valence-electron chi connectivity index (χ2n) is 9.19. The zero-order valence-corrected chi connectivity index (χ0v) is 19.9. The third-order valence-corrected chi connectivity index (χ3v) is 7.23. The first-order valence-corrected chi connectivity index (χ1v) is 11.7. The van der Waals surface area contributed by atoms with E-state index in [1.165, 1.54) is 12.4 Å². The average molecular weight is 472 g/mol. The molecule has 11 nitrogen and oxygen atoms in total. The fourth-order valence-electron chi connectivity index (χ4n) is 5.39. The van der Waals surface area contributed by atoms with Crippen LogP contribution in [0.2, 0.25) is 0 Å². The summed E-state index contributed by atoms with van der Waals surface area (Å²) < 4.78 is 21.7. The molecule has 0 N–H and O–H groups in total. The van der Waals surface area contributed by atoms with Crippen LogP contribution in [0.15, 0.2) is 23.5 Å². The maximum atomic E-state index is 14.5. The molecule has 2 aliphatic heterocycles. The molecule has 2 aromatic heterocycles. The number of fused-ring (bicyclic) bond motifs is 1. The summed E-state index contributed by atoms with van der Waals surface area (Å²) in [6.07, 6.45) is 2.71. The Kier molecular flexibility index (Phi) is 5.92. The molecule has 34 heavy (non-hydrogen) atoms. The molecule has 5 atom stereocenters. The topological polar surface area (TPSA) is 105 Å². The summed E-state index contributed by atoms with van der Waals surface area (Å²) in [6.45, 7) is 7.26. The Morgan fingerprint density at radius 2 is 2.06 bits per heavy atom. The van der Waals surface area contributed by atoms with Crippen molar-refractivity contribution in [2.75, 3.05) is 45.3 Å². The summed E-state index contributed by atoms with van der Waals surface area (Å²) >= 11 is 0. The molecule has 1 aliphatic carbocycles. The lowest BCUT2D eigenvalue weighted by atomic mass is 9.93. The molecule has 12 heteroatoms. The fraction of sp³-hybridized carbons (Fsp3) is 0.636. The molecule has 5 rings (SSSR count). The van der Waals surface area contributed by atoms with Crippen molar-refractivity contribution < 1.29 is 13.9 Å². The number of aliphatic imine (C=N–C) groups is 1. The highest BCUT2D eigenvalue weighted by atomic mass is 19.1. The molecule has 1 saturated heterocycles. The van der Waals surface area contributed by atoms with Crippen LogP contribution in [0.4, 0.5) is 10.3 Å². The SMILES string of the molecule is CCOCCn1nnnc1N1C[C@@H]2C(N(C)C3=NC(c4ccncc4F)C(C)C(=O)N3C)[C@@H]2C1. The first kappa shape index (κ1) is 22.6. The molecule has 0 spiro atoms. The van der Waals surface area contributed by atoms with Gasteiger partial charge in [0.05, 0.1) is 31.3 Å². The second-order valence-corrected chi connectivity index (χ2v) is 9.19. The Hall–Kier alpha value is -3.15. The van der Waals surface area contributed by atoms with Gasteiger partial charge in [-0.25, -0.2) is 14.1 Å². The van der Waals surface area contributed by atoms with Crippen LogP contribution in [0.1, 0.15) is 25.5 Å². The number of halogens is 1. The van der Waals surface area contributed by atoms with E-state index in [0.717, 1.165) is 19.0 Å². The van der Waals surface area contributed by atoms with Crippen LogP contribution < -0.4 is 4.90 Å². The summed E-state index contributed by atoms with van der Waals surface area (Å²) in [5.41, 5.74) is 0.399. The number of hydrogen-bond donors (Lipinski definition) is 0. The first-order valence-electron chi connectivity index (χ1n) is 11.7. The molecule has 1 amide bonds. The average Bonchev–Trinajstić information content (AvgIpc) is 3.16. The molecule has 4 heterocycles. The van der Waals surface area contributed by atoms with E-state index in [0.29, 0.717) is 43.1 Å². The van der Waals surface area contributed by atoms with Crippen LogP contribution in [0.25, 0.3) is 0 Å². The van der Waals surface area contributed by atoms with E-state index in [-0.39, 0.29) is 11.9 Å². The quantitative estimate of drug-likeness (QED) is 0.547. The number of tetrazole rings is 1. The van der Waals surface area contributed by atoms with Crippen molar-refractivity contribution in [3.8, 4) is 0 Å². The zero-order chi connectivity index (χ0) is 24.0. The monoisotopic (exact) mass is 471 g/mol. The molecule has 0 bridgehead atoms. The number of piperidine rings is 1. The van der Waals surface area contributed by atoms with Crippen molar-refractivity contribution in [3.05, 3.63) is 29.8 Å². The lowest BCUT2D eigenvalue weighted by molar-refractivity contribution is -0.132. The van der Waals surface area contributed by atoms with E-state index >= 15 is 0 Å². The Balaban J connectivity index is 1.30. The maximum Gasteiger partial charge on any atom is 0.245 e. The smallest absolute Gasteiger partial charge is 0.245 e. The number of carbonyl (C=O) groups is 1. The Bertz CT molecular complexity index is 1080. The molecule has 3 aliphatic rings. The number of guanidine groups is 1. The normalized spacial score (nSPS) is 28.2. The zero-order valence-electron chi connectivity index (χ0n) is 19.9. The van der Waals surface area contributed by atoms with E-state index in [1.807, 2.05) is 14.0 Å². The van der Waals surface area contributed by atoms with E-state index in [2.05, 4.69) is 30.3 Å². The van der Waals surface area contributed by atoms with Crippen LogP contribution in [0, 0.1) is 23.6 Å². The highest BCUT2D eigenvalue weighted by molar-refractivity contribution is 6.00. The van der Waals surface area contributed by atoms with Crippen LogP contribution in [-0.4, -0.2) is 93.3 Å². The standard InChI is InChI=1S/C22H30FN9O2/c1-5-34-9-8-32-22(26-27-28-32)31-11-15-16(12-31)19(15)29(3)21-25-18(13(2)20(33)30(21)4)14-6-7-24-10-17(14)23/h6-7,10,13,15-16,18-19H,5,8-9,11-12H2,1-4H3/t13?,15-,16+,18?,19?. The number of rotatable bonds is 7. The number of carbonyl (C=O) groups excluding carboxylic acids is 1. The first-order chi connectivity index (χ1) is 16.4. The number of anilines is 1.